The van der Waals surface area contributed by atoms with Crippen molar-refractivity contribution in [3.05, 3.63) is 88.8 Å². The van der Waals surface area contributed by atoms with Gasteiger partial charge in [0.1, 0.15) is 6.04 Å². The molecule has 3 saturated heterocycles. The van der Waals surface area contributed by atoms with Gasteiger partial charge in [0.2, 0.25) is 11.8 Å². The van der Waals surface area contributed by atoms with E-state index in [-0.39, 0.29) is 23.8 Å². The smallest absolute Gasteiger partial charge is 0.271 e. The van der Waals surface area contributed by atoms with E-state index in [0.29, 0.717) is 34.6 Å². The highest BCUT2D eigenvalue weighted by Crippen LogP contribution is 2.44. The summed E-state index contributed by atoms with van der Waals surface area (Å²) in [5.41, 5.74) is 9.76. The molecule has 310 valence electrons. The third kappa shape index (κ3) is 7.62. The Bertz CT molecular complexity index is 2470. The summed E-state index contributed by atoms with van der Waals surface area (Å²) >= 11 is 6.55. The van der Waals surface area contributed by atoms with Crippen molar-refractivity contribution in [1.29, 1.82) is 0 Å². The molecule has 3 amide bonds. The van der Waals surface area contributed by atoms with E-state index in [1.54, 1.807) is 10.7 Å². The lowest BCUT2D eigenvalue weighted by molar-refractivity contribution is -0.133. The number of fused-ring (bicyclic) bond motifs is 2. The van der Waals surface area contributed by atoms with E-state index in [9.17, 15) is 14.4 Å². The standard InChI is InChI=1S/C45H50ClN11O3/c1-47-37-24-40(53-57-39(26-49-42(37)57)44(60)51-30-6-7-30)56-16-11-34-33(3-2-4-38(34)56)35-8-5-28(25-48-35)27-54-17-12-45(13-18-54)14-19-55(20-15-45)32-22-29(46)21-31(23-32)50-36-9-10-41(58)52-43(36)59/h2-5,8,21-26,30,36,47,50H,6-7,9-20,27H2,1H3,(H,51,60)(H,52,58,59). The molecule has 3 aromatic heterocycles. The van der Waals surface area contributed by atoms with E-state index < -0.39 is 6.04 Å². The molecule has 1 unspecified atom stereocenters. The van der Waals surface area contributed by atoms with Crippen LogP contribution in [0.4, 0.5) is 28.6 Å². The van der Waals surface area contributed by atoms with Gasteiger partial charge in [-0.25, -0.2) is 9.50 Å². The molecule has 5 aliphatic rings. The van der Waals surface area contributed by atoms with Crippen LogP contribution in [0.3, 0.4) is 0 Å². The van der Waals surface area contributed by atoms with Crippen LogP contribution in [0.5, 0.6) is 0 Å². The van der Waals surface area contributed by atoms with Gasteiger partial charge in [-0.2, -0.15) is 0 Å². The highest BCUT2D eigenvalue weighted by molar-refractivity contribution is 6.31. The number of imide groups is 1. The minimum Gasteiger partial charge on any atom is -0.385 e. The number of imidazole rings is 1. The molecular weight excluding hydrogens is 778 g/mol. The van der Waals surface area contributed by atoms with Crippen LogP contribution in [0.25, 0.3) is 16.9 Å². The molecule has 0 bridgehead atoms. The quantitative estimate of drug-likeness (QED) is 0.120. The lowest BCUT2D eigenvalue weighted by atomic mass is 9.71. The Labute approximate surface area is 354 Å². The normalized spacial score (nSPS) is 20.3. The number of carbonyl (C=O) groups is 3. The van der Waals surface area contributed by atoms with Crippen molar-refractivity contribution < 1.29 is 14.4 Å². The summed E-state index contributed by atoms with van der Waals surface area (Å²) in [5, 5.41) is 17.6. The second-order valence-electron chi connectivity index (χ2n) is 17.2. The summed E-state index contributed by atoms with van der Waals surface area (Å²) in [6, 6.07) is 18.5. The summed E-state index contributed by atoms with van der Waals surface area (Å²) in [4.78, 5) is 53.7. The second-order valence-corrected chi connectivity index (χ2v) is 17.6. The van der Waals surface area contributed by atoms with Crippen LogP contribution in [0.2, 0.25) is 5.02 Å². The molecule has 10 rings (SSSR count). The largest absolute Gasteiger partial charge is 0.385 e. The van der Waals surface area contributed by atoms with E-state index in [1.165, 1.54) is 24.0 Å². The lowest BCUT2D eigenvalue weighted by Crippen LogP contribution is -2.47. The number of nitrogens with zero attached hydrogens (tertiary/aromatic N) is 7. The summed E-state index contributed by atoms with van der Waals surface area (Å²) in [5.74, 6) is 0.103. The fourth-order valence-corrected chi connectivity index (χ4v) is 9.79. The Hall–Kier alpha value is -5.73. The fraction of sp³-hybridized carbons (Fsp3) is 0.422. The van der Waals surface area contributed by atoms with Crippen LogP contribution in [-0.2, 0) is 22.6 Å². The number of pyridine rings is 1. The number of carbonyl (C=O) groups excluding carboxylic acids is 3. The molecule has 1 aliphatic carbocycles. The van der Waals surface area contributed by atoms with Crippen molar-refractivity contribution in [2.75, 3.05) is 60.2 Å². The number of rotatable bonds is 10. The topological polar surface area (TPSA) is 152 Å². The van der Waals surface area contributed by atoms with Crippen LogP contribution >= 0.6 is 11.6 Å². The number of benzene rings is 2. The average molecular weight is 828 g/mol. The minimum absolute atomic E-state index is 0.147. The zero-order chi connectivity index (χ0) is 41.0. The monoisotopic (exact) mass is 827 g/mol. The van der Waals surface area contributed by atoms with Crippen LogP contribution < -0.4 is 31.1 Å². The number of anilines is 5. The summed E-state index contributed by atoms with van der Waals surface area (Å²) in [7, 11) is 1.86. The van der Waals surface area contributed by atoms with Gasteiger partial charge in [-0.15, -0.1) is 5.10 Å². The Kier molecular flexibility index (Phi) is 10.1. The average Bonchev–Trinajstić information content (AvgIpc) is 3.78. The molecule has 14 nitrogen and oxygen atoms in total. The third-order valence-electron chi connectivity index (χ3n) is 13.2. The first-order chi connectivity index (χ1) is 29.2. The number of piperidine rings is 3. The Morgan fingerprint density at radius 3 is 2.48 bits per heavy atom. The Morgan fingerprint density at radius 2 is 1.73 bits per heavy atom. The predicted molar refractivity (Wildman–Crippen MR) is 233 cm³/mol. The molecule has 1 atom stereocenters. The number of hydrogen-bond acceptors (Lipinski definition) is 11. The SMILES string of the molecule is CNc1cc(N2CCc3c(-c4ccc(CN5CCC6(CC5)CCN(c5cc(Cl)cc(NC7CCC(=O)NC7=O)c5)CC6)cn4)cccc32)nn2c(C(=O)NC3CC3)cnc12. The van der Waals surface area contributed by atoms with E-state index in [4.69, 9.17) is 21.7 Å². The number of halogens is 1. The maximum Gasteiger partial charge on any atom is 0.271 e. The van der Waals surface area contributed by atoms with Gasteiger partial charge in [0.25, 0.3) is 5.91 Å². The van der Waals surface area contributed by atoms with Gasteiger partial charge in [0, 0.05) is 85.6 Å². The molecule has 0 radical (unpaired) electrons. The van der Waals surface area contributed by atoms with Crippen molar-refractivity contribution >= 4 is 63.5 Å². The van der Waals surface area contributed by atoms with Gasteiger partial charge in [-0.05, 0) is 111 Å². The number of nitrogens with one attached hydrogen (secondary N) is 4. The zero-order valence-electron chi connectivity index (χ0n) is 33.8. The molecular formula is C45H50ClN11O3. The van der Waals surface area contributed by atoms with Gasteiger partial charge in [-0.1, -0.05) is 29.8 Å². The third-order valence-corrected chi connectivity index (χ3v) is 13.5. The number of amides is 3. The van der Waals surface area contributed by atoms with Crippen LogP contribution in [0.15, 0.2) is 67.0 Å². The van der Waals surface area contributed by atoms with Crippen LogP contribution in [0, 0.1) is 5.41 Å². The highest BCUT2D eigenvalue weighted by atomic mass is 35.5. The van der Waals surface area contributed by atoms with E-state index in [1.807, 2.05) is 31.4 Å². The summed E-state index contributed by atoms with van der Waals surface area (Å²) < 4.78 is 1.66. The fourth-order valence-electron chi connectivity index (χ4n) is 9.56. The van der Waals surface area contributed by atoms with Crippen molar-refractivity contribution in [1.82, 2.24) is 35.1 Å². The van der Waals surface area contributed by atoms with Gasteiger partial charge < -0.3 is 25.8 Å². The zero-order valence-corrected chi connectivity index (χ0v) is 34.6. The van der Waals surface area contributed by atoms with Gasteiger partial charge >= 0.3 is 0 Å². The van der Waals surface area contributed by atoms with Gasteiger partial charge in [-0.3, -0.25) is 29.6 Å². The van der Waals surface area contributed by atoms with Crippen LogP contribution in [0.1, 0.15) is 73.0 Å². The molecule has 15 heteroatoms. The first-order valence-electron chi connectivity index (χ1n) is 21.3. The molecule has 4 fully saturated rings. The van der Waals surface area contributed by atoms with Gasteiger partial charge in [0.05, 0.1) is 17.6 Å². The maximum atomic E-state index is 13.0. The van der Waals surface area contributed by atoms with Crippen molar-refractivity contribution in [3.63, 3.8) is 0 Å². The van der Waals surface area contributed by atoms with Crippen molar-refractivity contribution in [2.24, 2.45) is 5.41 Å². The number of likely N-dealkylation sites (tertiary alicyclic amines) is 1. The molecule has 1 spiro atoms. The Balaban J connectivity index is 0.760. The number of aromatic nitrogens is 4. The second kappa shape index (κ2) is 15.7. The molecule has 4 aliphatic heterocycles. The summed E-state index contributed by atoms with van der Waals surface area (Å²) in [6.07, 6.45) is 12.0. The number of hydrogen-bond donors (Lipinski definition) is 4. The van der Waals surface area contributed by atoms with E-state index in [2.05, 4.69) is 77.3 Å². The molecule has 7 heterocycles. The van der Waals surface area contributed by atoms with Crippen LogP contribution in [-0.4, -0.2) is 94.1 Å². The van der Waals surface area contributed by atoms with E-state index in [0.717, 1.165) is 111 Å². The molecule has 5 aromatic rings. The minimum atomic E-state index is -0.445. The first kappa shape index (κ1) is 38.5. The lowest BCUT2D eigenvalue weighted by Gasteiger charge is -2.47. The summed E-state index contributed by atoms with van der Waals surface area (Å²) in [6.45, 7) is 5.74. The van der Waals surface area contributed by atoms with E-state index >= 15 is 0 Å². The predicted octanol–water partition coefficient (Wildman–Crippen LogP) is 6.17. The molecule has 1 saturated carbocycles. The first-order valence-corrected chi connectivity index (χ1v) is 21.7. The maximum absolute atomic E-state index is 13.0. The molecule has 4 N–H and O–H groups in total. The van der Waals surface area contributed by atoms with Gasteiger partial charge in [0.15, 0.2) is 17.2 Å². The highest BCUT2D eigenvalue weighted by Gasteiger charge is 2.38. The van der Waals surface area contributed by atoms with Crippen molar-refractivity contribution in [2.45, 2.75) is 76.4 Å². The molecule has 2 aromatic carbocycles. The Morgan fingerprint density at radius 1 is 0.917 bits per heavy atom. The van der Waals surface area contributed by atoms with Crippen molar-refractivity contribution in [3.8, 4) is 11.3 Å². The molecule has 60 heavy (non-hydrogen) atoms.